The first kappa shape index (κ1) is 10.9. The van der Waals surface area contributed by atoms with Gasteiger partial charge in [-0.05, 0) is 5.56 Å². The molecule has 1 aliphatic heterocycles. The highest BCUT2D eigenvalue weighted by Gasteiger charge is 2.13. The fourth-order valence-corrected chi connectivity index (χ4v) is 1.75. The normalized spacial score (nSPS) is 17.6. The summed E-state index contributed by atoms with van der Waals surface area (Å²) in [5.41, 5.74) is 1.20. The summed E-state index contributed by atoms with van der Waals surface area (Å²) in [4.78, 5) is 13.3. The van der Waals surface area contributed by atoms with Crippen LogP contribution < -0.4 is 5.32 Å². The zero-order valence-corrected chi connectivity index (χ0v) is 9.23. The number of carbonyl (C=O) groups is 1. The van der Waals surface area contributed by atoms with Gasteiger partial charge in [-0.1, -0.05) is 42.5 Å². The minimum Gasteiger partial charge on any atom is -0.354 e. The van der Waals surface area contributed by atoms with Gasteiger partial charge >= 0.3 is 0 Å². The third-order valence-electron chi connectivity index (χ3n) is 2.59. The van der Waals surface area contributed by atoms with Crippen molar-refractivity contribution < 1.29 is 4.79 Å². The second-order valence-corrected chi connectivity index (χ2v) is 3.90. The van der Waals surface area contributed by atoms with E-state index in [4.69, 9.17) is 0 Å². The van der Waals surface area contributed by atoms with Crippen LogP contribution in [0.1, 0.15) is 5.56 Å². The molecule has 1 aromatic rings. The van der Waals surface area contributed by atoms with E-state index >= 15 is 0 Å². The van der Waals surface area contributed by atoms with Crippen molar-refractivity contribution in [3.05, 3.63) is 42.0 Å². The van der Waals surface area contributed by atoms with Crippen molar-refractivity contribution in [2.45, 2.75) is 0 Å². The SMILES string of the molecule is O=C1CN(C/C=C/c2ccccc2)CCN1. The number of hydrogen-bond donors (Lipinski definition) is 1. The summed E-state index contributed by atoms with van der Waals surface area (Å²) in [5.74, 6) is 0.124. The van der Waals surface area contributed by atoms with Gasteiger partial charge in [0.15, 0.2) is 0 Å². The average Bonchev–Trinajstić information content (AvgIpc) is 2.30. The summed E-state index contributed by atoms with van der Waals surface area (Å²) in [6.45, 7) is 3.05. The molecule has 1 aliphatic rings. The Morgan fingerprint density at radius 2 is 2.12 bits per heavy atom. The van der Waals surface area contributed by atoms with E-state index in [9.17, 15) is 4.79 Å². The van der Waals surface area contributed by atoms with E-state index in [1.54, 1.807) is 0 Å². The van der Waals surface area contributed by atoms with E-state index in [2.05, 4.69) is 34.5 Å². The molecule has 1 saturated heterocycles. The monoisotopic (exact) mass is 216 g/mol. The molecule has 0 radical (unpaired) electrons. The standard InChI is InChI=1S/C13H16N2O/c16-13-11-15(10-8-14-13)9-4-7-12-5-2-1-3-6-12/h1-7H,8-11H2,(H,14,16)/b7-4+. The second-order valence-electron chi connectivity index (χ2n) is 3.90. The minimum atomic E-state index is 0.124. The summed E-state index contributed by atoms with van der Waals surface area (Å²) in [7, 11) is 0. The lowest BCUT2D eigenvalue weighted by Crippen LogP contribution is -2.47. The molecule has 0 aromatic heterocycles. The molecule has 0 unspecified atom stereocenters. The molecular formula is C13H16N2O. The largest absolute Gasteiger partial charge is 0.354 e. The molecule has 1 N–H and O–H groups in total. The van der Waals surface area contributed by atoms with E-state index in [-0.39, 0.29) is 5.91 Å². The van der Waals surface area contributed by atoms with Crippen LogP contribution >= 0.6 is 0 Å². The summed E-state index contributed by atoms with van der Waals surface area (Å²) in [5, 5.41) is 2.82. The van der Waals surface area contributed by atoms with Crippen molar-refractivity contribution in [2.75, 3.05) is 26.2 Å². The lowest BCUT2D eigenvalue weighted by Gasteiger charge is -2.24. The van der Waals surface area contributed by atoms with Crippen LogP contribution in [0.5, 0.6) is 0 Å². The number of amides is 1. The first-order chi connectivity index (χ1) is 7.84. The highest BCUT2D eigenvalue weighted by Crippen LogP contribution is 2.01. The molecule has 1 fully saturated rings. The number of hydrogen-bond acceptors (Lipinski definition) is 2. The van der Waals surface area contributed by atoms with Gasteiger partial charge in [-0.25, -0.2) is 0 Å². The molecule has 2 rings (SSSR count). The van der Waals surface area contributed by atoms with E-state index < -0.39 is 0 Å². The van der Waals surface area contributed by atoms with Crippen LogP contribution in [0.2, 0.25) is 0 Å². The highest BCUT2D eigenvalue weighted by molar-refractivity contribution is 5.78. The average molecular weight is 216 g/mol. The zero-order chi connectivity index (χ0) is 11.2. The van der Waals surface area contributed by atoms with Crippen LogP contribution in [0.25, 0.3) is 6.08 Å². The Bertz CT molecular complexity index is 373. The first-order valence-corrected chi connectivity index (χ1v) is 5.55. The van der Waals surface area contributed by atoms with Gasteiger partial charge in [-0.3, -0.25) is 9.69 Å². The third kappa shape index (κ3) is 3.21. The third-order valence-corrected chi connectivity index (χ3v) is 2.59. The van der Waals surface area contributed by atoms with Crippen LogP contribution in [0, 0.1) is 0 Å². The van der Waals surface area contributed by atoms with Crippen LogP contribution in [-0.4, -0.2) is 37.0 Å². The molecule has 0 atom stereocenters. The molecule has 3 heteroatoms. The maximum absolute atomic E-state index is 11.1. The van der Waals surface area contributed by atoms with Gasteiger partial charge in [-0.15, -0.1) is 0 Å². The smallest absolute Gasteiger partial charge is 0.234 e. The number of benzene rings is 1. The van der Waals surface area contributed by atoms with E-state index in [0.717, 1.165) is 19.6 Å². The van der Waals surface area contributed by atoms with Gasteiger partial charge in [0.25, 0.3) is 0 Å². The van der Waals surface area contributed by atoms with Crippen molar-refractivity contribution >= 4 is 12.0 Å². The molecule has 3 nitrogen and oxygen atoms in total. The molecular weight excluding hydrogens is 200 g/mol. The maximum Gasteiger partial charge on any atom is 0.234 e. The molecule has 1 amide bonds. The Morgan fingerprint density at radius 3 is 2.88 bits per heavy atom. The quantitative estimate of drug-likeness (QED) is 0.821. The molecule has 0 bridgehead atoms. The predicted molar refractivity (Wildman–Crippen MR) is 64.9 cm³/mol. The summed E-state index contributed by atoms with van der Waals surface area (Å²) in [6, 6.07) is 10.2. The highest BCUT2D eigenvalue weighted by atomic mass is 16.2. The lowest BCUT2D eigenvalue weighted by molar-refractivity contribution is -0.123. The number of piperazine rings is 1. The van der Waals surface area contributed by atoms with E-state index in [1.807, 2.05) is 18.2 Å². The van der Waals surface area contributed by atoms with Crippen molar-refractivity contribution in [2.24, 2.45) is 0 Å². The Morgan fingerprint density at radius 1 is 1.31 bits per heavy atom. The molecule has 1 aromatic carbocycles. The summed E-state index contributed by atoms with van der Waals surface area (Å²) < 4.78 is 0. The van der Waals surface area contributed by atoms with Gasteiger partial charge < -0.3 is 5.32 Å². The summed E-state index contributed by atoms with van der Waals surface area (Å²) >= 11 is 0. The number of carbonyl (C=O) groups excluding carboxylic acids is 1. The van der Waals surface area contributed by atoms with Gasteiger partial charge in [0.2, 0.25) is 5.91 Å². The van der Waals surface area contributed by atoms with E-state index in [1.165, 1.54) is 5.56 Å². The van der Waals surface area contributed by atoms with Gasteiger partial charge in [0, 0.05) is 19.6 Å². The Hall–Kier alpha value is -1.61. The number of rotatable bonds is 3. The van der Waals surface area contributed by atoms with E-state index in [0.29, 0.717) is 6.54 Å². The Balaban J connectivity index is 1.83. The fourth-order valence-electron chi connectivity index (χ4n) is 1.75. The molecule has 84 valence electrons. The molecule has 0 aliphatic carbocycles. The fraction of sp³-hybridized carbons (Fsp3) is 0.308. The van der Waals surface area contributed by atoms with Crippen molar-refractivity contribution in [3.63, 3.8) is 0 Å². The summed E-state index contributed by atoms with van der Waals surface area (Å²) in [6.07, 6.45) is 4.19. The minimum absolute atomic E-state index is 0.124. The molecule has 1 heterocycles. The molecule has 0 saturated carbocycles. The van der Waals surface area contributed by atoms with Crippen molar-refractivity contribution in [1.82, 2.24) is 10.2 Å². The number of nitrogens with one attached hydrogen (secondary N) is 1. The Labute approximate surface area is 95.8 Å². The molecule has 0 spiro atoms. The van der Waals surface area contributed by atoms with Gasteiger partial charge in [0.1, 0.15) is 0 Å². The van der Waals surface area contributed by atoms with Gasteiger partial charge in [-0.2, -0.15) is 0 Å². The Kier molecular flexibility index (Phi) is 3.72. The van der Waals surface area contributed by atoms with Crippen LogP contribution in [0.4, 0.5) is 0 Å². The maximum atomic E-state index is 11.1. The number of nitrogens with zero attached hydrogens (tertiary/aromatic N) is 1. The molecule has 16 heavy (non-hydrogen) atoms. The van der Waals surface area contributed by atoms with Gasteiger partial charge in [0.05, 0.1) is 6.54 Å². The topological polar surface area (TPSA) is 32.3 Å². The predicted octanol–water partition coefficient (Wildman–Crippen LogP) is 1.13. The zero-order valence-electron chi connectivity index (χ0n) is 9.23. The first-order valence-electron chi connectivity index (χ1n) is 5.55. The second kappa shape index (κ2) is 5.47. The van der Waals surface area contributed by atoms with Crippen LogP contribution in [0.15, 0.2) is 36.4 Å². The van der Waals surface area contributed by atoms with Crippen molar-refractivity contribution in [3.8, 4) is 0 Å². The lowest BCUT2D eigenvalue weighted by atomic mass is 10.2. The van der Waals surface area contributed by atoms with Crippen molar-refractivity contribution in [1.29, 1.82) is 0 Å². The van der Waals surface area contributed by atoms with Crippen LogP contribution in [0.3, 0.4) is 0 Å². The van der Waals surface area contributed by atoms with Crippen LogP contribution in [-0.2, 0) is 4.79 Å².